The average molecular weight is 394 g/mol. The lowest BCUT2D eigenvalue weighted by Gasteiger charge is -2.21. The third-order valence-corrected chi connectivity index (χ3v) is 4.64. The SMILES string of the molecule is COc1cc(N2CC(C(=O)NC(C)CCC(=O)O)CC2=O)cc(OC)c1OC. The number of carbonyl (C=O) groups excluding carboxylic acids is 2. The second-order valence-corrected chi connectivity index (χ2v) is 6.63. The van der Waals surface area contributed by atoms with E-state index in [4.69, 9.17) is 19.3 Å². The van der Waals surface area contributed by atoms with Crippen molar-refractivity contribution in [2.75, 3.05) is 32.8 Å². The summed E-state index contributed by atoms with van der Waals surface area (Å²) in [5.41, 5.74) is 0.550. The molecule has 9 nitrogen and oxygen atoms in total. The van der Waals surface area contributed by atoms with Crippen LogP contribution < -0.4 is 24.4 Å². The van der Waals surface area contributed by atoms with E-state index in [2.05, 4.69) is 5.32 Å². The van der Waals surface area contributed by atoms with Crippen LogP contribution in [0, 0.1) is 5.92 Å². The number of aliphatic carboxylic acids is 1. The molecule has 1 heterocycles. The minimum atomic E-state index is -0.911. The Balaban J connectivity index is 2.12. The monoisotopic (exact) mass is 394 g/mol. The largest absolute Gasteiger partial charge is 0.493 e. The normalized spacial score (nSPS) is 17.2. The standard InChI is InChI=1S/C19H26N2O7/c1-11(5-6-17(23)24)20-19(25)12-7-16(22)21(10-12)13-8-14(26-2)18(28-4)15(9-13)27-3/h8-9,11-12H,5-7,10H2,1-4H3,(H,20,25)(H,23,24). The summed E-state index contributed by atoms with van der Waals surface area (Å²) in [5, 5.41) is 11.5. The topological polar surface area (TPSA) is 114 Å². The first-order valence-electron chi connectivity index (χ1n) is 8.93. The van der Waals surface area contributed by atoms with E-state index in [1.54, 1.807) is 19.1 Å². The van der Waals surface area contributed by atoms with Gasteiger partial charge in [0.05, 0.1) is 32.9 Å². The van der Waals surface area contributed by atoms with Crippen molar-refractivity contribution in [3.8, 4) is 17.2 Å². The number of benzene rings is 1. The number of ether oxygens (including phenoxy) is 3. The zero-order chi connectivity index (χ0) is 20.8. The number of nitrogens with one attached hydrogen (secondary N) is 1. The van der Waals surface area contributed by atoms with Crippen molar-refractivity contribution in [1.29, 1.82) is 0 Å². The zero-order valence-electron chi connectivity index (χ0n) is 16.5. The van der Waals surface area contributed by atoms with Gasteiger partial charge in [0.1, 0.15) is 0 Å². The van der Waals surface area contributed by atoms with Crippen molar-refractivity contribution in [1.82, 2.24) is 5.32 Å². The number of carboxylic acid groups (broad SMARTS) is 1. The van der Waals surface area contributed by atoms with Crippen LogP contribution in [0.3, 0.4) is 0 Å². The minimum Gasteiger partial charge on any atom is -0.493 e. The van der Waals surface area contributed by atoms with Crippen LogP contribution in [0.15, 0.2) is 12.1 Å². The molecule has 2 atom stereocenters. The molecular formula is C19H26N2O7. The molecule has 0 spiro atoms. The first kappa shape index (κ1) is 21.3. The van der Waals surface area contributed by atoms with E-state index in [0.717, 1.165) is 0 Å². The van der Waals surface area contributed by atoms with Crippen LogP contribution in [0.25, 0.3) is 0 Å². The number of rotatable bonds is 9. The number of nitrogens with zero attached hydrogens (tertiary/aromatic N) is 1. The summed E-state index contributed by atoms with van der Waals surface area (Å²) >= 11 is 0. The smallest absolute Gasteiger partial charge is 0.303 e. The van der Waals surface area contributed by atoms with Gasteiger partial charge in [0.25, 0.3) is 0 Å². The zero-order valence-corrected chi connectivity index (χ0v) is 16.5. The molecule has 0 radical (unpaired) electrons. The highest BCUT2D eigenvalue weighted by atomic mass is 16.5. The molecule has 2 N–H and O–H groups in total. The number of hydrogen-bond donors (Lipinski definition) is 2. The molecule has 1 aliphatic rings. The summed E-state index contributed by atoms with van der Waals surface area (Å²) in [5.74, 6) is -0.625. The first-order valence-corrected chi connectivity index (χ1v) is 8.93. The molecule has 1 fully saturated rings. The van der Waals surface area contributed by atoms with Crippen molar-refractivity contribution < 1.29 is 33.7 Å². The van der Waals surface area contributed by atoms with Crippen molar-refractivity contribution in [2.45, 2.75) is 32.2 Å². The highest BCUT2D eigenvalue weighted by Crippen LogP contribution is 2.42. The predicted octanol–water partition coefficient (Wildman–Crippen LogP) is 1.43. The molecule has 2 rings (SSSR count). The predicted molar refractivity (Wildman–Crippen MR) is 101 cm³/mol. The Kier molecular flexibility index (Phi) is 7.08. The maximum Gasteiger partial charge on any atom is 0.303 e. The van der Waals surface area contributed by atoms with Gasteiger partial charge in [-0.1, -0.05) is 0 Å². The Labute approximate surface area is 163 Å². The first-order chi connectivity index (χ1) is 13.3. The van der Waals surface area contributed by atoms with Gasteiger partial charge in [-0.2, -0.15) is 0 Å². The molecule has 1 aromatic rings. The number of carbonyl (C=O) groups is 3. The fraction of sp³-hybridized carbons (Fsp3) is 0.526. The van der Waals surface area contributed by atoms with Gasteiger partial charge >= 0.3 is 5.97 Å². The Morgan fingerprint density at radius 3 is 2.32 bits per heavy atom. The second kappa shape index (κ2) is 9.29. The Bertz CT molecular complexity index is 725. The molecule has 1 aromatic carbocycles. The third kappa shape index (κ3) is 4.85. The molecule has 0 aromatic heterocycles. The molecule has 0 bridgehead atoms. The second-order valence-electron chi connectivity index (χ2n) is 6.63. The Hall–Kier alpha value is -2.97. The van der Waals surface area contributed by atoms with E-state index in [1.165, 1.54) is 26.2 Å². The van der Waals surface area contributed by atoms with Gasteiger partial charge in [-0.3, -0.25) is 14.4 Å². The van der Waals surface area contributed by atoms with Crippen LogP contribution in [-0.4, -0.2) is 56.8 Å². The summed E-state index contributed by atoms with van der Waals surface area (Å²) in [4.78, 5) is 37.1. The lowest BCUT2D eigenvalue weighted by molar-refractivity contribution is -0.137. The fourth-order valence-electron chi connectivity index (χ4n) is 3.13. The highest BCUT2D eigenvalue weighted by molar-refractivity contribution is 6.00. The van der Waals surface area contributed by atoms with Crippen molar-refractivity contribution in [3.05, 3.63) is 12.1 Å². The number of carboxylic acids is 1. The van der Waals surface area contributed by atoms with Gasteiger partial charge < -0.3 is 29.5 Å². The van der Waals surface area contributed by atoms with Gasteiger partial charge in [-0.05, 0) is 13.3 Å². The number of amides is 2. The Morgan fingerprint density at radius 2 is 1.82 bits per heavy atom. The van der Waals surface area contributed by atoms with Crippen molar-refractivity contribution >= 4 is 23.5 Å². The molecule has 0 aliphatic carbocycles. The quantitative estimate of drug-likeness (QED) is 0.651. The maximum absolute atomic E-state index is 12.5. The van der Waals surface area contributed by atoms with E-state index < -0.39 is 11.9 Å². The van der Waals surface area contributed by atoms with E-state index in [1.807, 2.05) is 0 Å². The lowest BCUT2D eigenvalue weighted by Crippen LogP contribution is -2.38. The maximum atomic E-state index is 12.5. The minimum absolute atomic E-state index is 0.0252. The molecule has 9 heteroatoms. The van der Waals surface area contributed by atoms with Gasteiger partial charge in [0.2, 0.25) is 17.6 Å². The Morgan fingerprint density at radius 1 is 1.21 bits per heavy atom. The van der Waals surface area contributed by atoms with Gasteiger partial charge in [-0.25, -0.2) is 0 Å². The van der Waals surface area contributed by atoms with E-state index in [0.29, 0.717) is 29.4 Å². The van der Waals surface area contributed by atoms with E-state index in [-0.39, 0.29) is 37.2 Å². The summed E-state index contributed by atoms with van der Waals surface area (Å²) in [7, 11) is 4.47. The van der Waals surface area contributed by atoms with Crippen molar-refractivity contribution in [3.63, 3.8) is 0 Å². The summed E-state index contributed by atoms with van der Waals surface area (Å²) in [6, 6.07) is 3.04. The van der Waals surface area contributed by atoms with Crippen molar-refractivity contribution in [2.24, 2.45) is 5.92 Å². The lowest BCUT2D eigenvalue weighted by atomic mass is 10.1. The molecule has 1 saturated heterocycles. The van der Waals surface area contributed by atoms with Crippen LogP contribution in [-0.2, 0) is 14.4 Å². The number of methoxy groups -OCH3 is 3. The van der Waals surface area contributed by atoms with Crippen LogP contribution >= 0.6 is 0 Å². The summed E-state index contributed by atoms with van der Waals surface area (Å²) in [6.07, 6.45) is 0.384. The molecule has 2 unspecified atom stereocenters. The number of anilines is 1. The van der Waals surface area contributed by atoms with E-state index >= 15 is 0 Å². The summed E-state index contributed by atoms with van der Waals surface area (Å²) in [6.45, 7) is 1.96. The highest BCUT2D eigenvalue weighted by Gasteiger charge is 2.36. The average Bonchev–Trinajstić information content (AvgIpc) is 3.06. The van der Waals surface area contributed by atoms with Gasteiger partial charge in [0, 0.05) is 37.6 Å². The van der Waals surface area contributed by atoms with Crippen LogP contribution in [0.1, 0.15) is 26.2 Å². The summed E-state index contributed by atoms with van der Waals surface area (Å²) < 4.78 is 15.9. The molecule has 2 amide bonds. The van der Waals surface area contributed by atoms with Gasteiger partial charge in [0.15, 0.2) is 11.5 Å². The molecule has 154 valence electrons. The number of hydrogen-bond acceptors (Lipinski definition) is 6. The third-order valence-electron chi connectivity index (χ3n) is 4.64. The van der Waals surface area contributed by atoms with Gasteiger partial charge in [-0.15, -0.1) is 0 Å². The molecule has 28 heavy (non-hydrogen) atoms. The van der Waals surface area contributed by atoms with Crippen LogP contribution in [0.4, 0.5) is 5.69 Å². The fourth-order valence-corrected chi connectivity index (χ4v) is 3.13. The molecular weight excluding hydrogens is 368 g/mol. The molecule has 1 aliphatic heterocycles. The van der Waals surface area contributed by atoms with Crippen LogP contribution in [0.2, 0.25) is 0 Å². The van der Waals surface area contributed by atoms with Crippen LogP contribution in [0.5, 0.6) is 17.2 Å². The molecule has 0 saturated carbocycles. The van der Waals surface area contributed by atoms with E-state index in [9.17, 15) is 14.4 Å².